The van der Waals surface area contributed by atoms with Crippen LogP contribution in [-0.4, -0.2) is 21.4 Å². The standard InChI is InChI=1S/C17H13F2N3O2S/c1-10(15(23)20-14-12(18)8-5-9-13(14)19)25-17-22-21-16(24-17)11-6-3-2-4-7-11/h2-10H,1H3,(H,20,23). The minimum absolute atomic E-state index is 0.190. The molecule has 0 spiro atoms. The number of nitrogens with one attached hydrogen (secondary N) is 1. The minimum atomic E-state index is -0.838. The quantitative estimate of drug-likeness (QED) is 0.692. The van der Waals surface area contributed by atoms with E-state index in [0.29, 0.717) is 5.89 Å². The fourth-order valence-corrected chi connectivity index (χ4v) is 2.69. The van der Waals surface area contributed by atoms with Crippen LogP contribution >= 0.6 is 11.8 Å². The third-order valence-corrected chi connectivity index (χ3v) is 4.22. The van der Waals surface area contributed by atoms with Gasteiger partial charge in [-0.3, -0.25) is 4.79 Å². The maximum atomic E-state index is 13.6. The van der Waals surface area contributed by atoms with Crippen LogP contribution < -0.4 is 5.32 Å². The van der Waals surface area contributed by atoms with Crippen LogP contribution in [0.4, 0.5) is 14.5 Å². The predicted octanol–water partition coefficient (Wildman–Crippen LogP) is 4.13. The molecular weight excluding hydrogens is 348 g/mol. The third kappa shape index (κ3) is 4.03. The van der Waals surface area contributed by atoms with Crippen molar-refractivity contribution in [3.8, 4) is 11.5 Å². The van der Waals surface area contributed by atoms with Gasteiger partial charge in [0.1, 0.15) is 17.3 Å². The van der Waals surface area contributed by atoms with Crippen molar-refractivity contribution >= 4 is 23.4 Å². The Balaban J connectivity index is 1.67. The molecule has 1 aromatic heterocycles. The SMILES string of the molecule is CC(Sc1nnc(-c2ccccc2)o1)C(=O)Nc1c(F)cccc1F. The van der Waals surface area contributed by atoms with Crippen molar-refractivity contribution in [3.05, 3.63) is 60.2 Å². The number of carbonyl (C=O) groups excluding carboxylic acids is 1. The summed E-state index contributed by atoms with van der Waals surface area (Å²) in [6.07, 6.45) is 0. The van der Waals surface area contributed by atoms with Gasteiger partial charge >= 0.3 is 0 Å². The monoisotopic (exact) mass is 361 g/mol. The fraction of sp³-hybridized carbons (Fsp3) is 0.118. The summed E-state index contributed by atoms with van der Waals surface area (Å²) in [7, 11) is 0. The Morgan fingerprint density at radius 1 is 1.08 bits per heavy atom. The molecule has 0 aliphatic carbocycles. The molecule has 0 bridgehead atoms. The number of amides is 1. The second-order valence-electron chi connectivity index (χ2n) is 5.09. The number of benzene rings is 2. The summed E-state index contributed by atoms with van der Waals surface area (Å²) in [6, 6.07) is 12.5. The molecule has 0 saturated carbocycles. The molecule has 0 radical (unpaired) electrons. The summed E-state index contributed by atoms with van der Waals surface area (Å²) >= 11 is 1.00. The lowest BCUT2D eigenvalue weighted by Gasteiger charge is -2.11. The number of halogens is 2. The minimum Gasteiger partial charge on any atom is -0.411 e. The van der Waals surface area contributed by atoms with Crippen molar-refractivity contribution in [2.45, 2.75) is 17.4 Å². The lowest BCUT2D eigenvalue weighted by molar-refractivity contribution is -0.115. The maximum absolute atomic E-state index is 13.6. The van der Waals surface area contributed by atoms with Gasteiger partial charge in [-0.25, -0.2) is 8.78 Å². The largest absolute Gasteiger partial charge is 0.411 e. The van der Waals surface area contributed by atoms with Crippen LogP contribution in [0.25, 0.3) is 11.5 Å². The summed E-state index contributed by atoms with van der Waals surface area (Å²) in [5, 5.41) is 9.53. The molecule has 25 heavy (non-hydrogen) atoms. The van der Waals surface area contributed by atoms with Crippen LogP contribution in [0, 0.1) is 11.6 Å². The number of anilines is 1. The summed E-state index contributed by atoms with van der Waals surface area (Å²) in [4.78, 5) is 12.1. The molecule has 0 aliphatic rings. The molecule has 1 unspecified atom stereocenters. The third-order valence-electron chi connectivity index (χ3n) is 3.28. The van der Waals surface area contributed by atoms with Gasteiger partial charge in [-0.15, -0.1) is 10.2 Å². The number of rotatable bonds is 5. The number of para-hydroxylation sites is 1. The highest BCUT2D eigenvalue weighted by Crippen LogP contribution is 2.27. The first-order valence-corrected chi connectivity index (χ1v) is 8.23. The van der Waals surface area contributed by atoms with E-state index in [2.05, 4.69) is 15.5 Å². The Morgan fingerprint density at radius 3 is 2.44 bits per heavy atom. The van der Waals surface area contributed by atoms with E-state index in [1.54, 1.807) is 6.92 Å². The molecule has 0 aliphatic heterocycles. The summed E-state index contributed by atoms with van der Waals surface area (Å²) < 4.78 is 32.7. The van der Waals surface area contributed by atoms with Crippen LogP contribution in [-0.2, 0) is 4.79 Å². The molecule has 3 rings (SSSR count). The Bertz CT molecular complexity index is 866. The Hall–Kier alpha value is -2.74. The smallest absolute Gasteiger partial charge is 0.277 e. The average Bonchev–Trinajstić information content (AvgIpc) is 3.07. The molecular formula is C17H13F2N3O2S. The van der Waals surface area contributed by atoms with Gasteiger partial charge in [0.15, 0.2) is 0 Å². The van der Waals surface area contributed by atoms with E-state index in [0.717, 1.165) is 29.5 Å². The number of carbonyl (C=O) groups is 1. The van der Waals surface area contributed by atoms with Crippen LogP contribution in [0.1, 0.15) is 6.92 Å². The van der Waals surface area contributed by atoms with Gasteiger partial charge in [-0.05, 0) is 31.2 Å². The Labute approximate surface area is 146 Å². The molecule has 1 amide bonds. The van der Waals surface area contributed by atoms with Gasteiger partial charge in [0.05, 0.1) is 5.25 Å². The lowest BCUT2D eigenvalue weighted by atomic mass is 10.2. The lowest BCUT2D eigenvalue weighted by Crippen LogP contribution is -2.23. The highest BCUT2D eigenvalue weighted by Gasteiger charge is 2.21. The Kier molecular flexibility index (Phi) is 5.08. The molecule has 1 N–H and O–H groups in total. The Morgan fingerprint density at radius 2 is 1.76 bits per heavy atom. The van der Waals surface area contributed by atoms with Gasteiger partial charge in [0.2, 0.25) is 11.8 Å². The second kappa shape index (κ2) is 7.43. The highest BCUT2D eigenvalue weighted by atomic mass is 32.2. The fourth-order valence-electron chi connectivity index (χ4n) is 2.00. The summed E-state index contributed by atoms with van der Waals surface area (Å²) in [5.74, 6) is -1.92. The van der Waals surface area contributed by atoms with E-state index in [1.807, 2.05) is 30.3 Å². The number of thioether (sulfide) groups is 1. The molecule has 5 nitrogen and oxygen atoms in total. The van der Waals surface area contributed by atoms with E-state index in [9.17, 15) is 13.6 Å². The van der Waals surface area contributed by atoms with E-state index < -0.39 is 28.5 Å². The van der Waals surface area contributed by atoms with Crippen molar-refractivity contribution in [2.24, 2.45) is 0 Å². The van der Waals surface area contributed by atoms with Gasteiger partial charge in [-0.1, -0.05) is 36.0 Å². The van der Waals surface area contributed by atoms with Crippen LogP contribution in [0.15, 0.2) is 58.2 Å². The van der Waals surface area contributed by atoms with Crippen LogP contribution in [0.2, 0.25) is 0 Å². The van der Waals surface area contributed by atoms with Crippen molar-refractivity contribution in [2.75, 3.05) is 5.32 Å². The molecule has 128 valence electrons. The first-order valence-electron chi connectivity index (χ1n) is 7.35. The average molecular weight is 361 g/mol. The molecule has 1 atom stereocenters. The molecule has 2 aromatic carbocycles. The maximum Gasteiger partial charge on any atom is 0.277 e. The van der Waals surface area contributed by atoms with E-state index in [1.165, 1.54) is 6.07 Å². The summed E-state index contributed by atoms with van der Waals surface area (Å²) in [5.41, 5.74) is 0.280. The number of hydrogen-bond acceptors (Lipinski definition) is 5. The first-order chi connectivity index (χ1) is 12.0. The number of hydrogen-bond donors (Lipinski definition) is 1. The zero-order chi connectivity index (χ0) is 17.8. The van der Waals surface area contributed by atoms with Crippen molar-refractivity contribution in [3.63, 3.8) is 0 Å². The van der Waals surface area contributed by atoms with E-state index >= 15 is 0 Å². The molecule has 3 aromatic rings. The van der Waals surface area contributed by atoms with Gasteiger partial charge in [-0.2, -0.15) is 0 Å². The van der Waals surface area contributed by atoms with Gasteiger partial charge in [0.25, 0.3) is 5.22 Å². The second-order valence-corrected chi connectivity index (χ2v) is 6.38. The summed E-state index contributed by atoms with van der Waals surface area (Å²) in [6.45, 7) is 1.57. The number of aromatic nitrogens is 2. The number of nitrogens with zero attached hydrogens (tertiary/aromatic N) is 2. The first kappa shape index (κ1) is 17.1. The zero-order valence-electron chi connectivity index (χ0n) is 13.1. The normalized spacial score (nSPS) is 12.0. The van der Waals surface area contributed by atoms with Gasteiger partial charge < -0.3 is 9.73 Å². The molecule has 0 saturated heterocycles. The topological polar surface area (TPSA) is 68.0 Å². The van der Waals surface area contributed by atoms with E-state index in [4.69, 9.17) is 4.42 Å². The highest BCUT2D eigenvalue weighted by molar-refractivity contribution is 8.00. The molecule has 8 heteroatoms. The van der Waals surface area contributed by atoms with Crippen molar-refractivity contribution in [1.29, 1.82) is 0 Å². The van der Waals surface area contributed by atoms with E-state index in [-0.39, 0.29) is 5.22 Å². The predicted molar refractivity (Wildman–Crippen MR) is 90.0 cm³/mol. The van der Waals surface area contributed by atoms with Gasteiger partial charge in [0, 0.05) is 5.56 Å². The van der Waals surface area contributed by atoms with Crippen LogP contribution in [0.5, 0.6) is 0 Å². The molecule has 1 heterocycles. The van der Waals surface area contributed by atoms with Crippen molar-refractivity contribution in [1.82, 2.24) is 10.2 Å². The van der Waals surface area contributed by atoms with Crippen molar-refractivity contribution < 1.29 is 18.0 Å². The molecule has 0 fully saturated rings. The van der Waals surface area contributed by atoms with Crippen LogP contribution in [0.3, 0.4) is 0 Å². The zero-order valence-corrected chi connectivity index (χ0v) is 13.9.